The van der Waals surface area contributed by atoms with Crippen molar-refractivity contribution in [3.63, 3.8) is 0 Å². The molecule has 5 rings (SSSR count). The van der Waals surface area contributed by atoms with Gasteiger partial charge in [-0.15, -0.1) is 0 Å². The molecule has 2 aliphatic rings. The number of aliphatic carboxylic acids is 4. The van der Waals surface area contributed by atoms with Gasteiger partial charge in [-0.1, -0.05) is 18.2 Å². The Bertz CT molecular complexity index is 1700. The van der Waals surface area contributed by atoms with Crippen LogP contribution in [0.5, 0.6) is 23.0 Å². The first-order valence-electron chi connectivity index (χ1n) is 14.9. The Labute approximate surface area is 311 Å². The van der Waals surface area contributed by atoms with Crippen LogP contribution in [0, 0.1) is 0 Å². The molecule has 2 aliphatic heterocycles. The van der Waals surface area contributed by atoms with E-state index in [1.54, 1.807) is 18.2 Å². The molecule has 0 saturated carbocycles. The van der Waals surface area contributed by atoms with Crippen LogP contribution in [-0.2, 0) is 42.6 Å². The fourth-order valence-electron chi connectivity index (χ4n) is 5.66. The normalized spacial score (nSPS) is 13.8. The van der Waals surface area contributed by atoms with Crippen LogP contribution in [-0.4, -0.2) is 149 Å². The first-order valence-corrected chi connectivity index (χ1v) is 14.9. The Morgan fingerprint density at radius 1 is 0.725 bits per heavy atom. The average Bonchev–Trinajstić information content (AvgIpc) is 3.30. The van der Waals surface area contributed by atoms with Gasteiger partial charge in [0.2, 0.25) is 0 Å². The van der Waals surface area contributed by atoms with Crippen LogP contribution in [0.2, 0.25) is 0 Å². The van der Waals surface area contributed by atoms with Crippen molar-refractivity contribution in [2.24, 2.45) is 0 Å². The van der Waals surface area contributed by atoms with Gasteiger partial charge in [-0.2, -0.15) is 0 Å². The topological polar surface area (TPSA) is 272 Å². The number of carbonyl (C=O) groups is 5. The van der Waals surface area contributed by atoms with Crippen molar-refractivity contribution < 1.29 is 74.3 Å². The fourth-order valence-corrected chi connectivity index (χ4v) is 5.66. The summed E-state index contributed by atoms with van der Waals surface area (Å²) in [6.07, 6.45) is -0.560. The van der Waals surface area contributed by atoms with Crippen molar-refractivity contribution in [2.45, 2.75) is 31.7 Å². The van der Waals surface area contributed by atoms with E-state index in [4.69, 9.17) is 19.7 Å². The van der Waals surface area contributed by atoms with Crippen molar-refractivity contribution in [2.75, 3.05) is 32.8 Å². The molecule has 3 aromatic rings. The molecule has 0 amide bonds. The van der Waals surface area contributed by atoms with Gasteiger partial charge in [0.25, 0.3) is 0 Å². The van der Waals surface area contributed by atoms with Gasteiger partial charge in [-0.05, 0) is 25.1 Å². The maximum absolute atomic E-state index is 13.3. The Morgan fingerprint density at radius 2 is 1.12 bits per heavy atom. The first kappa shape index (κ1) is 40.7. The number of phenolic OH excluding ortho intramolecular Hbond substituents is 2. The third kappa shape index (κ3) is 9.33. The fraction of sp³-hybridized carbons (Fsp3) is 0.303. The zero-order chi connectivity index (χ0) is 36.9. The number of fused-ring (bicyclic) bond motifs is 6. The summed E-state index contributed by atoms with van der Waals surface area (Å²) in [4.78, 5) is 61.0. The molecule has 1 spiro atoms. The summed E-state index contributed by atoms with van der Waals surface area (Å²) in [6.45, 7) is -1.88. The molecule has 18 heteroatoms. The molecule has 0 aromatic heterocycles. The van der Waals surface area contributed by atoms with Gasteiger partial charge in [0, 0.05) is 53.0 Å². The van der Waals surface area contributed by atoms with Gasteiger partial charge in [0.1, 0.15) is 23.0 Å². The number of carboxylic acids is 4. The number of carboxylic acid groups (broad SMARTS) is 4. The second-order valence-electron chi connectivity index (χ2n) is 11.6. The average molecular weight is 723 g/mol. The third-order valence-electron chi connectivity index (χ3n) is 7.60. The second kappa shape index (κ2) is 17.0. The predicted molar refractivity (Wildman–Crippen MR) is 175 cm³/mol. The van der Waals surface area contributed by atoms with E-state index in [-0.39, 0.29) is 100 Å². The van der Waals surface area contributed by atoms with Gasteiger partial charge >= 0.3 is 59.4 Å². The van der Waals surface area contributed by atoms with Crippen molar-refractivity contribution in [1.82, 2.24) is 9.80 Å². The molecule has 2 heterocycles. The van der Waals surface area contributed by atoms with E-state index in [1.165, 1.54) is 37.3 Å². The second-order valence-corrected chi connectivity index (χ2v) is 11.6. The quantitative estimate of drug-likeness (QED) is 0.0871. The van der Waals surface area contributed by atoms with Crippen molar-refractivity contribution in [3.8, 4) is 23.0 Å². The number of esters is 1. The van der Waals surface area contributed by atoms with Crippen molar-refractivity contribution in [1.29, 1.82) is 0 Å². The minimum atomic E-state index is -1.75. The number of aliphatic hydroxyl groups excluding tert-OH is 2. The van der Waals surface area contributed by atoms with Crippen LogP contribution < -0.4 is 4.74 Å². The molecule has 8 N–H and O–H groups in total. The van der Waals surface area contributed by atoms with Crippen LogP contribution in [0.1, 0.15) is 45.1 Å². The zero-order valence-electron chi connectivity index (χ0n) is 26.5. The van der Waals surface area contributed by atoms with E-state index in [1.807, 2.05) is 0 Å². The van der Waals surface area contributed by atoms with Gasteiger partial charge in [-0.3, -0.25) is 29.0 Å². The number of nitrogens with zero attached hydrogens (tertiary/aromatic N) is 2. The summed E-state index contributed by atoms with van der Waals surface area (Å²) in [5.41, 5.74) is -0.636. The number of aliphatic hydroxyl groups is 2. The molecule has 3 aromatic carbocycles. The predicted octanol–water partition coefficient (Wildman–Crippen LogP) is 0.319. The third-order valence-corrected chi connectivity index (χ3v) is 7.60. The SMILES string of the molecule is CC(O)CO.O=C(O)CN(CC(=O)O)Cc1cc2c(cc1O)Oc1cc(O)c(CN(CC(=O)O)CC(=O)O)cc1C21OC(=O)c2ccccc21.[NaH]. The molecule has 0 bridgehead atoms. The first-order chi connectivity index (χ1) is 23.5. The molecule has 51 heavy (non-hydrogen) atoms. The van der Waals surface area contributed by atoms with E-state index in [0.29, 0.717) is 5.56 Å². The Kier molecular flexibility index (Phi) is 13.5. The molecule has 0 radical (unpaired) electrons. The Hall–Kier alpha value is -4.75. The van der Waals surface area contributed by atoms with Crippen molar-refractivity contribution in [3.05, 3.63) is 81.9 Å². The summed E-state index contributed by atoms with van der Waals surface area (Å²) >= 11 is 0. The van der Waals surface area contributed by atoms with Crippen LogP contribution in [0.25, 0.3) is 0 Å². The van der Waals surface area contributed by atoms with Gasteiger partial charge in [0.15, 0.2) is 5.60 Å². The van der Waals surface area contributed by atoms with E-state index < -0.39 is 67.7 Å². The minimum absolute atomic E-state index is 0. The number of rotatable bonds is 13. The Balaban J connectivity index is 0.00000109. The van der Waals surface area contributed by atoms with E-state index in [0.717, 1.165) is 9.80 Å². The molecular formula is C33H35N2NaO15. The molecule has 0 fully saturated rings. The summed E-state index contributed by atoms with van der Waals surface area (Å²) in [5, 5.41) is 75.0. The van der Waals surface area contributed by atoms with Gasteiger partial charge < -0.3 is 50.3 Å². The number of aromatic hydroxyl groups is 2. The Morgan fingerprint density at radius 3 is 1.49 bits per heavy atom. The number of benzene rings is 3. The van der Waals surface area contributed by atoms with E-state index >= 15 is 0 Å². The number of ether oxygens (including phenoxy) is 2. The standard InChI is InChI=1S/C30H26N2O13.C3H8O2.Na.H/c33-21-7-23-19(5-15(21)9-31(11-25(35)36)12-26(37)38)30(18-4-2-1-3-17(18)29(43)45-30)20-6-16(22(34)8-24(20)44-23)10-32(13-27(39)40)14-28(41)42;1-3(5)2-4;;/h1-8,33-34H,9-14H2,(H,35,36)(H,37,38)(H,39,40)(H,41,42);3-5H,2H2,1H3;;. The molecule has 1 atom stereocenters. The number of carbonyl (C=O) groups excluding carboxylic acids is 1. The molecule has 0 aliphatic carbocycles. The number of hydrogen-bond donors (Lipinski definition) is 8. The number of phenols is 2. The molecule has 268 valence electrons. The summed E-state index contributed by atoms with van der Waals surface area (Å²) in [5.74, 6) is -6.62. The van der Waals surface area contributed by atoms with Gasteiger partial charge in [-0.25, -0.2) is 4.79 Å². The molecule has 17 nitrogen and oxygen atoms in total. The molecule has 1 unspecified atom stereocenters. The summed E-state index contributed by atoms with van der Waals surface area (Å²) < 4.78 is 12.1. The maximum atomic E-state index is 13.3. The zero-order valence-corrected chi connectivity index (χ0v) is 26.5. The van der Waals surface area contributed by atoms with Crippen LogP contribution in [0.15, 0.2) is 48.5 Å². The van der Waals surface area contributed by atoms with Crippen LogP contribution in [0.3, 0.4) is 0 Å². The van der Waals surface area contributed by atoms with Crippen molar-refractivity contribution >= 4 is 59.4 Å². The summed E-state index contributed by atoms with van der Waals surface area (Å²) in [6, 6.07) is 11.7. The molecule has 0 saturated heterocycles. The van der Waals surface area contributed by atoms with E-state index in [9.17, 15) is 54.6 Å². The van der Waals surface area contributed by atoms with Crippen LogP contribution in [0.4, 0.5) is 0 Å². The van der Waals surface area contributed by atoms with Gasteiger partial charge in [0.05, 0.1) is 44.5 Å². The van der Waals surface area contributed by atoms with E-state index in [2.05, 4.69) is 0 Å². The summed E-state index contributed by atoms with van der Waals surface area (Å²) in [7, 11) is 0. The number of hydrogen-bond acceptors (Lipinski definition) is 13. The molecular weight excluding hydrogens is 687 g/mol. The van der Waals surface area contributed by atoms with Crippen LogP contribution >= 0.6 is 0 Å². The monoisotopic (exact) mass is 722 g/mol.